The average Bonchev–Trinajstić information content (AvgIpc) is 3.18. The summed E-state index contributed by atoms with van der Waals surface area (Å²) in [6.45, 7) is 2.00. The standard InChI is InChI=1S/C26H28N4O2S/c1-15-4-5-19(24-30-23-21(32-24)3-2-6-27-23)10-20(15)28-25(33)29-22(31)14-26-11-16-7-17(12-26)9-18(8-16)13-26/h2-6,10,16-18H,7-9,11-14H2,1H3,(H2,28,29,31,33). The number of oxazole rings is 1. The highest BCUT2D eigenvalue weighted by atomic mass is 32.1. The Morgan fingerprint density at radius 3 is 2.58 bits per heavy atom. The zero-order chi connectivity index (χ0) is 22.6. The van der Waals surface area contributed by atoms with Gasteiger partial charge in [-0.25, -0.2) is 4.98 Å². The van der Waals surface area contributed by atoms with E-state index in [1.165, 1.54) is 38.5 Å². The van der Waals surface area contributed by atoms with Gasteiger partial charge in [0.25, 0.3) is 0 Å². The molecule has 0 radical (unpaired) electrons. The number of aryl methyl sites for hydroxylation is 1. The molecule has 7 heteroatoms. The first-order valence-electron chi connectivity index (χ1n) is 11.9. The molecule has 1 amide bonds. The molecule has 33 heavy (non-hydrogen) atoms. The number of nitrogens with one attached hydrogen (secondary N) is 2. The van der Waals surface area contributed by atoms with Gasteiger partial charge in [0.15, 0.2) is 16.3 Å². The van der Waals surface area contributed by atoms with Crippen molar-refractivity contribution in [2.75, 3.05) is 5.32 Å². The van der Waals surface area contributed by atoms with Crippen molar-refractivity contribution in [2.45, 2.75) is 51.9 Å². The fourth-order valence-electron chi connectivity index (χ4n) is 6.95. The molecule has 4 aliphatic carbocycles. The topological polar surface area (TPSA) is 80.1 Å². The van der Waals surface area contributed by atoms with Gasteiger partial charge in [0.05, 0.1) is 0 Å². The molecule has 4 aliphatic rings. The number of nitrogens with zero attached hydrogens (tertiary/aromatic N) is 2. The number of carbonyl (C=O) groups excluding carboxylic acids is 1. The molecule has 4 saturated carbocycles. The van der Waals surface area contributed by atoms with Crippen molar-refractivity contribution in [3.63, 3.8) is 0 Å². The van der Waals surface area contributed by atoms with Gasteiger partial charge in [-0.15, -0.1) is 0 Å². The van der Waals surface area contributed by atoms with Gasteiger partial charge in [-0.1, -0.05) is 6.07 Å². The zero-order valence-corrected chi connectivity index (χ0v) is 19.6. The molecule has 2 N–H and O–H groups in total. The van der Waals surface area contributed by atoms with Crippen molar-refractivity contribution < 1.29 is 9.21 Å². The van der Waals surface area contributed by atoms with Crippen LogP contribution in [-0.4, -0.2) is 21.0 Å². The largest absolute Gasteiger partial charge is 0.434 e. The summed E-state index contributed by atoms with van der Waals surface area (Å²) in [5.74, 6) is 3.04. The molecule has 0 spiro atoms. The maximum Gasteiger partial charge on any atom is 0.228 e. The zero-order valence-electron chi connectivity index (χ0n) is 18.8. The van der Waals surface area contributed by atoms with Crippen LogP contribution < -0.4 is 10.6 Å². The fraction of sp³-hybridized carbons (Fsp3) is 0.462. The number of carbonyl (C=O) groups is 1. The summed E-state index contributed by atoms with van der Waals surface area (Å²) in [7, 11) is 0. The maximum absolute atomic E-state index is 12.9. The number of hydrogen-bond acceptors (Lipinski definition) is 5. The fourth-order valence-corrected chi connectivity index (χ4v) is 7.18. The Bertz CT molecular complexity index is 1180. The molecular formula is C26H28N4O2S. The van der Waals surface area contributed by atoms with Crippen LogP contribution in [0.3, 0.4) is 0 Å². The molecule has 7 rings (SSSR count). The van der Waals surface area contributed by atoms with Gasteiger partial charge in [0.2, 0.25) is 11.8 Å². The number of amides is 1. The molecule has 1 aromatic carbocycles. The van der Waals surface area contributed by atoms with Crippen LogP contribution in [0.2, 0.25) is 0 Å². The van der Waals surface area contributed by atoms with E-state index >= 15 is 0 Å². The quantitative estimate of drug-likeness (QED) is 0.492. The maximum atomic E-state index is 12.9. The Balaban J connectivity index is 1.13. The van der Waals surface area contributed by atoms with Crippen molar-refractivity contribution in [2.24, 2.45) is 23.2 Å². The Hall–Kier alpha value is -2.80. The SMILES string of the molecule is Cc1ccc(-c2nc3ncccc3o2)cc1NC(=S)NC(=O)CC12CC3CC(CC(C3)C1)C2. The molecule has 0 unspecified atom stereocenters. The van der Waals surface area contributed by atoms with E-state index in [9.17, 15) is 4.79 Å². The molecule has 4 bridgehead atoms. The van der Waals surface area contributed by atoms with Crippen molar-refractivity contribution >= 4 is 40.2 Å². The van der Waals surface area contributed by atoms with Crippen molar-refractivity contribution in [1.29, 1.82) is 0 Å². The average molecular weight is 461 g/mol. The van der Waals surface area contributed by atoms with E-state index in [0.717, 1.165) is 34.6 Å². The number of anilines is 1. The highest BCUT2D eigenvalue weighted by Crippen LogP contribution is 2.61. The molecule has 6 nitrogen and oxygen atoms in total. The third-order valence-corrected chi connectivity index (χ3v) is 8.06. The van der Waals surface area contributed by atoms with Gasteiger partial charge in [-0.3, -0.25) is 4.79 Å². The number of benzene rings is 1. The first-order valence-corrected chi connectivity index (χ1v) is 12.3. The molecule has 170 valence electrons. The lowest BCUT2D eigenvalue weighted by atomic mass is 9.49. The Morgan fingerprint density at radius 1 is 1.15 bits per heavy atom. The van der Waals surface area contributed by atoms with Gasteiger partial charge in [0, 0.05) is 23.9 Å². The van der Waals surface area contributed by atoms with Gasteiger partial charge >= 0.3 is 0 Å². The lowest BCUT2D eigenvalue weighted by Crippen LogP contribution is -2.48. The first kappa shape index (κ1) is 20.8. The van der Waals surface area contributed by atoms with E-state index in [0.29, 0.717) is 28.7 Å². The number of pyridine rings is 1. The summed E-state index contributed by atoms with van der Waals surface area (Å²) in [6, 6.07) is 9.56. The molecule has 0 saturated heterocycles. The summed E-state index contributed by atoms with van der Waals surface area (Å²) >= 11 is 5.50. The predicted octanol–water partition coefficient (Wildman–Crippen LogP) is 5.62. The number of rotatable bonds is 4. The minimum absolute atomic E-state index is 0.0354. The molecule has 0 atom stereocenters. The molecule has 4 fully saturated rings. The minimum atomic E-state index is 0.0354. The lowest BCUT2D eigenvalue weighted by molar-refractivity contribution is -0.127. The van der Waals surface area contributed by atoms with Crippen LogP contribution in [-0.2, 0) is 4.79 Å². The summed E-state index contributed by atoms with van der Waals surface area (Å²) < 4.78 is 5.85. The van der Waals surface area contributed by atoms with Crippen LogP contribution in [0, 0.1) is 30.1 Å². The highest BCUT2D eigenvalue weighted by Gasteiger charge is 2.51. The second-order valence-electron chi connectivity index (χ2n) is 10.5. The second-order valence-corrected chi connectivity index (χ2v) is 10.9. The minimum Gasteiger partial charge on any atom is -0.434 e. The van der Waals surface area contributed by atoms with Crippen LogP contribution in [0.15, 0.2) is 40.9 Å². The summed E-state index contributed by atoms with van der Waals surface area (Å²) in [6.07, 6.45) is 10.1. The van der Waals surface area contributed by atoms with Crippen molar-refractivity contribution in [3.05, 3.63) is 42.1 Å². The van der Waals surface area contributed by atoms with Gasteiger partial charge in [-0.2, -0.15) is 4.98 Å². The third kappa shape index (κ3) is 4.03. The smallest absolute Gasteiger partial charge is 0.228 e. The van der Waals surface area contributed by atoms with Crippen molar-refractivity contribution in [1.82, 2.24) is 15.3 Å². The normalized spacial score (nSPS) is 27.6. The highest BCUT2D eigenvalue weighted by molar-refractivity contribution is 7.80. The van der Waals surface area contributed by atoms with Gasteiger partial charge < -0.3 is 15.1 Å². The molecule has 0 aliphatic heterocycles. The van der Waals surface area contributed by atoms with Gasteiger partial charge in [0.1, 0.15) is 0 Å². The Labute approximate surface area is 198 Å². The summed E-state index contributed by atoms with van der Waals surface area (Å²) in [4.78, 5) is 21.6. The Kier molecular flexibility index (Phi) is 4.98. The van der Waals surface area contributed by atoms with Gasteiger partial charge in [-0.05, 0) is 111 Å². The Morgan fingerprint density at radius 2 is 1.88 bits per heavy atom. The number of thiocarbonyl (C=S) groups is 1. The van der Waals surface area contributed by atoms with Crippen LogP contribution in [0.1, 0.15) is 50.5 Å². The van der Waals surface area contributed by atoms with E-state index in [1.54, 1.807) is 6.20 Å². The summed E-state index contributed by atoms with van der Waals surface area (Å²) in [5.41, 5.74) is 4.09. The van der Waals surface area contributed by atoms with E-state index in [1.807, 2.05) is 37.3 Å². The van der Waals surface area contributed by atoms with Crippen LogP contribution in [0.25, 0.3) is 22.7 Å². The van der Waals surface area contributed by atoms with E-state index < -0.39 is 0 Å². The number of hydrogen-bond donors (Lipinski definition) is 2. The summed E-state index contributed by atoms with van der Waals surface area (Å²) in [5, 5.41) is 6.49. The van der Waals surface area contributed by atoms with Crippen LogP contribution in [0.5, 0.6) is 0 Å². The van der Waals surface area contributed by atoms with Crippen LogP contribution >= 0.6 is 12.2 Å². The molecule has 2 aromatic heterocycles. The van der Waals surface area contributed by atoms with E-state index in [-0.39, 0.29) is 11.3 Å². The third-order valence-electron chi connectivity index (χ3n) is 7.85. The predicted molar refractivity (Wildman–Crippen MR) is 132 cm³/mol. The lowest BCUT2D eigenvalue weighted by Gasteiger charge is -2.56. The molecular weight excluding hydrogens is 432 g/mol. The van der Waals surface area contributed by atoms with Crippen LogP contribution in [0.4, 0.5) is 5.69 Å². The number of fused-ring (bicyclic) bond motifs is 1. The molecule has 2 heterocycles. The van der Waals surface area contributed by atoms with E-state index in [2.05, 4.69) is 20.6 Å². The van der Waals surface area contributed by atoms with E-state index in [4.69, 9.17) is 16.6 Å². The monoisotopic (exact) mass is 460 g/mol. The second kappa shape index (κ2) is 7.90. The first-order chi connectivity index (χ1) is 15.9. The molecule has 3 aromatic rings. The number of aromatic nitrogens is 2. The van der Waals surface area contributed by atoms with Crippen molar-refractivity contribution in [3.8, 4) is 11.5 Å².